The van der Waals surface area contributed by atoms with Gasteiger partial charge < -0.3 is 5.32 Å². The normalized spacial score (nSPS) is 34.1. The Labute approximate surface area is 122 Å². The lowest BCUT2D eigenvalue weighted by Gasteiger charge is -2.41. The maximum absolute atomic E-state index is 12.6. The topological polar surface area (TPSA) is 49.4 Å². The molecule has 2 rings (SSSR count). The van der Waals surface area contributed by atoms with Crippen molar-refractivity contribution in [2.45, 2.75) is 59.9 Å². The van der Waals surface area contributed by atoms with Crippen LogP contribution in [0, 0.1) is 16.7 Å². The van der Waals surface area contributed by atoms with Crippen molar-refractivity contribution < 1.29 is 9.59 Å². The van der Waals surface area contributed by atoms with E-state index in [1.165, 1.54) is 4.90 Å². The summed E-state index contributed by atoms with van der Waals surface area (Å²) in [6.07, 6.45) is 2.66. The fourth-order valence-corrected chi connectivity index (χ4v) is 3.31. The second-order valence-corrected chi connectivity index (χ2v) is 7.66. The molecule has 0 aromatic rings. The molecule has 0 aromatic carbocycles. The Morgan fingerprint density at radius 2 is 1.95 bits per heavy atom. The number of hydrogen-bond donors (Lipinski definition) is 1. The Kier molecular flexibility index (Phi) is 3.98. The van der Waals surface area contributed by atoms with E-state index in [0.717, 1.165) is 19.4 Å². The van der Waals surface area contributed by atoms with Crippen LogP contribution in [0.15, 0.2) is 0 Å². The van der Waals surface area contributed by atoms with Gasteiger partial charge in [-0.2, -0.15) is 0 Å². The van der Waals surface area contributed by atoms with Gasteiger partial charge in [0.2, 0.25) is 11.8 Å². The van der Waals surface area contributed by atoms with Crippen LogP contribution in [0.4, 0.5) is 0 Å². The van der Waals surface area contributed by atoms with Crippen LogP contribution in [0.25, 0.3) is 0 Å². The van der Waals surface area contributed by atoms with Crippen LogP contribution >= 0.6 is 0 Å². The van der Waals surface area contributed by atoms with Gasteiger partial charge in [-0.1, -0.05) is 27.7 Å². The van der Waals surface area contributed by atoms with E-state index in [0.29, 0.717) is 13.0 Å². The molecule has 2 saturated heterocycles. The highest BCUT2D eigenvalue weighted by Gasteiger charge is 2.51. The smallest absolute Gasteiger partial charge is 0.235 e. The minimum Gasteiger partial charge on any atom is -0.312 e. The van der Waals surface area contributed by atoms with E-state index in [-0.39, 0.29) is 29.2 Å². The van der Waals surface area contributed by atoms with E-state index < -0.39 is 5.41 Å². The lowest BCUT2D eigenvalue weighted by atomic mass is 9.76. The number of amides is 2. The van der Waals surface area contributed by atoms with Crippen molar-refractivity contribution in [2.24, 2.45) is 16.7 Å². The molecule has 0 radical (unpaired) electrons. The van der Waals surface area contributed by atoms with Gasteiger partial charge in [0, 0.05) is 19.0 Å². The summed E-state index contributed by atoms with van der Waals surface area (Å²) in [5, 5.41) is 3.49. The Morgan fingerprint density at radius 1 is 1.30 bits per heavy atom. The molecular weight excluding hydrogens is 252 g/mol. The van der Waals surface area contributed by atoms with Crippen LogP contribution in [0.5, 0.6) is 0 Å². The zero-order valence-corrected chi connectivity index (χ0v) is 13.5. The van der Waals surface area contributed by atoms with Gasteiger partial charge in [0.25, 0.3) is 0 Å². The number of rotatable bonds is 3. The summed E-state index contributed by atoms with van der Waals surface area (Å²) in [6, 6.07) is 0.207. The zero-order valence-electron chi connectivity index (χ0n) is 13.5. The van der Waals surface area contributed by atoms with Gasteiger partial charge in [0.05, 0.1) is 5.41 Å². The minimum absolute atomic E-state index is 0.00521. The summed E-state index contributed by atoms with van der Waals surface area (Å²) in [4.78, 5) is 26.4. The first kappa shape index (κ1) is 15.5. The van der Waals surface area contributed by atoms with Crippen molar-refractivity contribution in [2.75, 3.05) is 13.1 Å². The zero-order chi connectivity index (χ0) is 15.1. The summed E-state index contributed by atoms with van der Waals surface area (Å²) in [5.41, 5.74) is -0.383. The van der Waals surface area contributed by atoms with Gasteiger partial charge in [0.1, 0.15) is 0 Å². The average molecular weight is 280 g/mol. The number of likely N-dealkylation sites (tertiary alicyclic amines) is 1. The quantitative estimate of drug-likeness (QED) is 0.806. The summed E-state index contributed by atoms with van der Waals surface area (Å²) in [7, 11) is 0. The molecule has 2 fully saturated rings. The van der Waals surface area contributed by atoms with E-state index in [2.05, 4.69) is 19.2 Å². The first-order valence-corrected chi connectivity index (χ1v) is 7.76. The summed E-state index contributed by atoms with van der Waals surface area (Å²) in [5.74, 6) is 0.200. The first-order valence-electron chi connectivity index (χ1n) is 7.76. The molecule has 2 amide bonds. The minimum atomic E-state index is -0.518. The maximum atomic E-state index is 12.6. The van der Waals surface area contributed by atoms with Crippen LogP contribution < -0.4 is 5.32 Å². The molecule has 0 spiro atoms. The number of hydrogen-bond acceptors (Lipinski definition) is 3. The van der Waals surface area contributed by atoms with Crippen LogP contribution in [-0.4, -0.2) is 35.8 Å². The molecule has 0 aromatic heterocycles. The van der Waals surface area contributed by atoms with E-state index in [1.54, 1.807) is 0 Å². The third kappa shape index (κ3) is 2.50. The van der Waals surface area contributed by atoms with E-state index >= 15 is 0 Å². The molecule has 2 aliphatic heterocycles. The van der Waals surface area contributed by atoms with Crippen molar-refractivity contribution in [3.63, 3.8) is 0 Å². The molecule has 0 saturated carbocycles. The average Bonchev–Trinajstić information content (AvgIpc) is 2.56. The van der Waals surface area contributed by atoms with Crippen molar-refractivity contribution in [1.82, 2.24) is 10.2 Å². The molecule has 4 heteroatoms. The highest BCUT2D eigenvalue weighted by atomic mass is 16.2. The van der Waals surface area contributed by atoms with E-state index in [9.17, 15) is 9.59 Å². The predicted octanol–water partition coefficient (Wildman–Crippen LogP) is 2.19. The third-order valence-electron chi connectivity index (χ3n) is 5.52. The molecule has 2 unspecified atom stereocenters. The summed E-state index contributed by atoms with van der Waals surface area (Å²) in [6.45, 7) is 11.9. The predicted molar refractivity (Wildman–Crippen MR) is 79.1 cm³/mol. The van der Waals surface area contributed by atoms with Crippen LogP contribution in [0.2, 0.25) is 0 Å². The molecule has 2 aliphatic rings. The molecule has 2 heterocycles. The van der Waals surface area contributed by atoms with Gasteiger partial charge in [-0.3, -0.25) is 14.5 Å². The monoisotopic (exact) mass is 280 g/mol. The van der Waals surface area contributed by atoms with Crippen molar-refractivity contribution in [3.05, 3.63) is 0 Å². The molecule has 4 nitrogen and oxygen atoms in total. The van der Waals surface area contributed by atoms with E-state index in [4.69, 9.17) is 0 Å². The Hall–Kier alpha value is -0.900. The van der Waals surface area contributed by atoms with Gasteiger partial charge in [-0.05, 0) is 37.6 Å². The van der Waals surface area contributed by atoms with Crippen molar-refractivity contribution in [3.8, 4) is 0 Å². The van der Waals surface area contributed by atoms with Crippen LogP contribution in [0.1, 0.15) is 53.9 Å². The number of nitrogens with zero attached hydrogens (tertiary/aromatic N) is 1. The van der Waals surface area contributed by atoms with Gasteiger partial charge >= 0.3 is 0 Å². The third-order valence-corrected chi connectivity index (χ3v) is 5.52. The molecular formula is C16H28N2O2. The number of piperidine rings is 1. The van der Waals surface area contributed by atoms with Crippen molar-refractivity contribution in [1.29, 1.82) is 0 Å². The van der Waals surface area contributed by atoms with Gasteiger partial charge in [-0.25, -0.2) is 0 Å². The Morgan fingerprint density at radius 3 is 2.45 bits per heavy atom. The van der Waals surface area contributed by atoms with Crippen molar-refractivity contribution >= 4 is 11.8 Å². The maximum Gasteiger partial charge on any atom is 0.235 e. The molecule has 2 atom stereocenters. The fourth-order valence-electron chi connectivity index (χ4n) is 3.31. The SMILES string of the molecule is CC(C)C1(C)CC(=O)N(CC2NCCCC2(C)C)C1=O. The second kappa shape index (κ2) is 5.14. The first-order chi connectivity index (χ1) is 9.18. The summed E-state index contributed by atoms with van der Waals surface area (Å²) >= 11 is 0. The number of carbonyl (C=O) groups excluding carboxylic acids is 2. The fraction of sp³-hybridized carbons (Fsp3) is 0.875. The molecule has 114 valence electrons. The van der Waals surface area contributed by atoms with Crippen LogP contribution in [-0.2, 0) is 9.59 Å². The largest absolute Gasteiger partial charge is 0.312 e. The number of nitrogens with one attached hydrogen (secondary N) is 1. The Bertz CT molecular complexity index is 417. The van der Waals surface area contributed by atoms with Gasteiger partial charge in [-0.15, -0.1) is 0 Å². The lowest BCUT2D eigenvalue weighted by Crippen LogP contribution is -2.54. The number of imide groups is 1. The van der Waals surface area contributed by atoms with Gasteiger partial charge in [0.15, 0.2) is 0 Å². The highest BCUT2D eigenvalue weighted by molar-refractivity contribution is 6.05. The lowest BCUT2D eigenvalue weighted by molar-refractivity contribution is -0.143. The van der Waals surface area contributed by atoms with E-state index in [1.807, 2.05) is 20.8 Å². The molecule has 1 N–H and O–H groups in total. The highest BCUT2D eigenvalue weighted by Crippen LogP contribution is 2.40. The summed E-state index contributed by atoms with van der Waals surface area (Å²) < 4.78 is 0. The Balaban J connectivity index is 2.14. The second-order valence-electron chi connectivity index (χ2n) is 7.66. The standard InChI is InChI=1S/C16H28N2O2/c1-11(2)16(5)9-13(19)18(14(16)20)10-12-15(3,4)7-6-8-17-12/h11-12,17H,6-10H2,1-5H3. The molecule has 0 bridgehead atoms. The molecule has 0 aliphatic carbocycles. The van der Waals surface area contributed by atoms with Crippen LogP contribution in [0.3, 0.4) is 0 Å². The number of carbonyl (C=O) groups is 2. The molecule has 20 heavy (non-hydrogen) atoms.